The van der Waals surface area contributed by atoms with Crippen molar-refractivity contribution in [1.29, 1.82) is 0 Å². The Morgan fingerprint density at radius 3 is 2.79 bits per heavy atom. The molecule has 2 aliphatic rings. The summed E-state index contributed by atoms with van der Waals surface area (Å²) in [5.41, 5.74) is 0. The second kappa shape index (κ2) is 2.88. The molecule has 1 aromatic heterocycles. The van der Waals surface area contributed by atoms with E-state index in [0.29, 0.717) is 18.0 Å². The monoisotopic (exact) mass is 194 g/mol. The highest BCUT2D eigenvalue weighted by Crippen LogP contribution is 2.26. The van der Waals surface area contributed by atoms with E-state index in [1.807, 2.05) is 0 Å². The molecule has 1 aromatic rings. The Balaban J connectivity index is 1.86. The lowest BCUT2D eigenvalue weighted by Gasteiger charge is -2.26. The Morgan fingerprint density at radius 2 is 2.21 bits per heavy atom. The van der Waals surface area contributed by atoms with E-state index in [1.54, 1.807) is 0 Å². The van der Waals surface area contributed by atoms with Crippen LogP contribution >= 0.6 is 0 Å². The Bertz CT molecular complexity index is 339. The van der Waals surface area contributed by atoms with Gasteiger partial charge in [0.1, 0.15) is 0 Å². The van der Waals surface area contributed by atoms with Crippen molar-refractivity contribution in [3.63, 3.8) is 0 Å². The fourth-order valence-corrected chi connectivity index (χ4v) is 2.26. The van der Waals surface area contributed by atoms with Gasteiger partial charge >= 0.3 is 0 Å². The maximum atomic E-state index is 12.6. The fraction of sp³-hybridized carbons (Fsp3) is 0.556. The molecule has 0 amide bonds. The lowest BCUT2D eigenvalue weighted by molar-refractivity contribution is 0.566. The van der Waals surface area contributed by atoms with Gasteiger partial charge in [0, 0.05) is 25.2 Å². The van der Waals surface area contributed by atoms with Crippen LogP contribution in [0.2, 0.25) is 0 Å². The van der Waals surface area contributed by atoms with Crippen LogP contribution in [0.5, 0.6) is 0 Å². The van der Waals surface area contributed by atoms with Crippen molar-refractivity contribution in [2.24, 2.45) is 0 Å². The number of fused-ring (bicyclic) bond motifs is 2. The minimum Gasteiger partial charge on any atom is -0.335 e. The number of hydrogen-bond donors (Lipinski definition) is 1. The Morgan fingerprint density at radius 1 is 1.43 bits per heavy atom. The van der Waals surface area contributed by atoms with E-state index in [9.17, 15) is 4.39 Å². The zero-order valence-corrected chi connectivity index (χ0v) is 7.65. The zero-order chi connectivity index (χ0) is 9.54. The maximum absolute atomic E-state index is 12.6. The molecule has 5 heteroatoms. The number of rotatable bonds is 1. The summed E-state index contributed by atoms with van der Waals surface area (Å²) in [7, 11) is 0. The predicted molar refractivity (Wildman–Crippen MR) is 49.5 cm³/mol. The van der Waals surface area contributed by atoms with Crippen molar-refractivity contribution in [3.8, 4) is 0 Å². The highest BCUT2D eigenvalue weighted by molar-refractivity contribution is 5.36. The molecule has 0 radical (unpaired) electrons. The summed E-state index contributed by atoms with van der Waals surface area (Å²) in [6.45, 7) is 1.93. The van der Waals surface area contributed by atoms with Crippen LogP contribution in [-0.2, 0) is 0 Å². The molecule has 2 fully saturated rings. The Hall–Kier alpha value is -1.23. The largest absolute Gasteiger partial charge is 0.335 e. The third-order valence-corrected chi connectivity index (χ3v) is 2.92. The summed E-state index contributed by atoms with van der Waals surface area (Å²) in [6, 6.07) is 1.05. The van der Waals surface area contributed by atoms with Crippen molar-refractivity contribution >= 4 is 5.95 Å². The molecular weight excluding hydrogens is 183 g/mol. The normalized spacial score (nSPS) is 29.9. The van der Waals surface area contributed by atoms with Gasteiger partial charge < -0.3 is 10.2 Å². The van der Waals surface area contributed by atoms with Gasteiger partial charge in [-0.25, -0.2) is 14.4 Å². The van der Waals surface area contributed by atoms with Crippen LogP contribution in [0, 0.1) is 5.82 Å². The van der Waals surface area contributed by atoms with Crippen LogP contribution in [-0.4, -0.2) is 35.1 Å². The van der Waals surface area contributed by atoms with E-state index in [-0.39, 0.29) is 5.82 Å². The SMILES string of the molecule is Fc1cnc(N2C[C@@H]3C[C@H]2CN3)nc1. The van der Waals surface area contributed by atoms with Gasteiger partial charge in [-0.3, -0.25) is 0 Å². The van der Waals surface area contributed by atoms with E-state index < -0.39 is 0 Å². The van der Waals surface area contributed by atoms with Crippen LogP contribution in [0.15, 0.2) is 12.4 Å². The summed E-state index contributed by atoms with van der Waals surface area (Å²) in [6.07, 6.45) is 3.60. The third-order valence-electron chi connectivity index (χ3n) is 2.92. The van der Waals surface area contributed by atoms with Gasteiger partial charge in [0.25, 0.3) is 0 Å². The smallest absolute Gasteiger partial charge is 0.225 e. The van der Waals surface area contributed by atoms with Gasteiger partial charge in [-0.1, -0.05) is 0 Å². The number of anilines is 1. The molecule has 14 heavy (non-hydrogen) atoms. The van der Waals surface area contributed by atoms with E-state index in [4.69, 9.17) is 0 Å². The number of halogens is 1. The van der Waals surface area contributed by atoms with Crippen molar-refractivity contribution in [2.45, 2.75) is 18.5 Å². The van der Waals surface area contributed by atoms with E-state index in [1.165, 1.54) is 12.4 Å². The molecule has 0 spiro atoms. The number of nitrogens with one attached hydrogen (secondary N) is 1. The highest BCUT2D eigenvalue weighted by Gasteiger charge is 2.38. The summed E-state index contributed by atoms with van der Waals surface area (Å²) in [5.74, 6) is 0.275. The van der Waals surface area contributed by atoms with E-state index >= 15 is 0 Å². The van der Waals surface area contributed by atoms with Crippen molar-refractivity contribution in [1.82, 2.24) is 15.3 Å². The number of hydrogen-bond acceptors (Lipinski definition) is 4. The highest BCUT2D eigenvalue weighted by atomic mass is 19.1. The van der Waals surface area contributed by atoms with Crippen molar-refractivity contribution in [2.75, 3.05) is 18.0 Å². The number of piperazine rings is 1. The zero-order valence-electron chi connectivity index (χ0n) is 7.65. The van der Waals surface area contributed by atoms with Crippen molar-refractivity contribution < 1.29 is 4.39 Å². The quantitative estimate of drug-likeness (QED) is 0.691. The summed E-state index contributed by atoms with van der Waals surface area (Å²) >= 11 is 0. The molecule has 0 aromatic carbocycles. The van der Waals surface area contributed by atoms with Crippen LogP contribution in [0.1, 0.15) is 6.42 Å². The van der Waals surface area contributed by atoms with E-state index in [2.05, 4.69) is 20.2 Å². The molecule has 2 saturated heterocycles. The van der Waals surface area contributed by atoms with Crippen LogP contribution in [0.25, 0.3) is 0 Å². The molecule has 0 saturated carbocycles. The van der Waals surface area contributed by atoms with Gasteiger partial charge in [-0.05, 0) is 6.42 Å². The Kier molecular flexibility index (Phi) is 1.67. The topological polar surface area (TPSA) is 41.1 Å². The lowest BCUT2D eigenvalue weighted by Crippen LogP contribution is -2.44. The molecule has 2 bridgehead atoms. The van der Waals surface area contributed by atoms with Gasteiger partial charge in [0.2, 0.25) is 5.95 Å². The molecule has 4 nitrogen and oxygen atoms in total. The number of nitrogens with zero attached hydrogens (tertiary/aromatic N) is 3. The molecule has 1 N–H and O–H groups in total. The molecule has 74 valence electrons. The first-order chi connectivity index (χ1) is 6.83. The molecule has 2 aliphatic heterocycles. The van der Waals surface area contributed by atoms with Crippen molar-refractivity contribution in [3.05, 3.63) is 18.2 Å². The van der Waals surface area contributed by atoms with Gasteiger partial charge in [-0.15, -0.1) is 0 Å². The van der Waals surface area contributed by atoms with E-state index in [0.717, 1.165) is 19.5 Å². The average molecular weight is 194 g/mol. The van der Waals surface area contributed by atoms with Gasteiger partial charge in [0.05, 0.1) is 12.4 Å². The molecule has 3 heterocycles. The molecule has 0 unspecified atom stereocenters. The minimum absolute atomic E-state index is 0.378. The summed E-state index contributed by atoms with van der Waals surface area (Å²) in [5, 5.41) is 3.40. The van der Waals surface area contributed by atoms with Gasteiger partial charge in [-0.2, -0.15) is 0 Å². The summed E-state index contributed by atoms with van der Waals surface area (Å²) in [4.78, 5) is 10.1. The average Bonchev–Trinajstić information content (AvgIpc) is 2.80. The van der Waals surface area contributed by atoms with Crippen LogP contribution < -0.4 is 10.2 Å². The first-order valence-corrected chi connectivity index (χ1v) is 4.80. The third kappa shape index (κ3) is 1.16. The first kappa shape index (κ1) is 8.11. The van der Waals surface area contributed by atoms with Crippen LogP contribution in [0.4, 0.5) is 10.3 Å². The lowest BCUT2D eigenvalue weighted by atomic mass is 10.2. The molecule has 0 aliphatic carbocycles. The van der Waals surface area contributed by atoms with Crippen LogP contribution in [0.3, 0.4) is 0 Å². The maximum Gasteiger partial charge on any atom is 0.225 e. The van der Waals surface area contributed by atoms with Gasteiger partial charge in [0.15, 0.2) is 5.82 Å². The Labute approximate surface area is 81.2 Å². The second-order valence-corrected chi connectivity index (χ2v) is 3.85. The minimum atomic E-state index is -0.378. The molecular formula is C9H11FN4. The standard InChI is InChI=1S/C9H11FN4/c10-6-2-12-9(13-3-6)14-5-7-1-8(14)4-11-7/h2-3,7-8,11H,1,4-5H2/t7-,8-/m0/s1. The first-order valence-electron chi connectivity index (χ1n) is 4.80. The fourth-order valence-electron chi connectivity index (χ4n) is 2.26. The second-order valence-electron chi connectivity index (χ2n) is 3.85. The summed E-state index contributed by atoms with van der Waals surface area (Å²) < 4.78 is 12.6. The molecule has 2 atom stereocenters. The predicted octanol–water partition coefficient (Wildman–Crippen LogP) is 0.166. The number of aromatic nitrogens is 2. The molecule has 3 rings (SSSR count).